The van der Waals surface area contributed by atoms with E-state index in [4.69, 9.17) is 22.7 Å². The molecule has 4 heteroatoms. The van der Waals surface area contributed by atoms with Gasteiger partial charge in [0, 0.05) is 5.56 Å². The second-order valence-electron chi connectivity index (χ2n) is 3.92. The van der Waals surface area contributed by atoms with Crippen molar-refractivity contribution in [1.82, 2.24) is 0 Å². The molecule has 0 aromatic heterocycles. The summed E-state index contributed by atoms with van der Waals surface area (Å²) in [4.78, 5) is 0.403. The lowest BCUT2D eigenvalue weighted by atomic mass is 10.2. The van der Waals surface area contributed by atoms with Crippen LogP contribution < -0.4 is 10.5 Å². The van der Waals surface area contributed by atoms with Gasteiger partial charge in [0.1, 0.15) is 10.7 Å². The normalized spacial score (nSPS) is 10.2. The van der Waals surface area contributed by atoms with Crippen LogP contribution in [0.1, 0.15) is 38.2 Å². The quantitative estimate of drug-likeness (QED) is 0.609. The van der Waals surface area contributed by atoms with E-state index in [1.807, 2.05) is 18.2 Å². The Bertz CT molecular complexity index is 382. The largest absolute Gasteiger partial charge is 0.492 e. The lowest BCUT2D eigenvalue weighted by Gasteiger charge is -2.09. The van der Waals surface area contributed by atoms with E-state index < -0.39 is 0 Å². The van der Waals surface area contributed by atoms with E-state index in [9.17, 15) is 0 Å². The van der Waals surface area contributed by atoms with E-state index in [1.165, 1.54) is 19.3 Å². The molecule has 0 unspecified atom stereocenters. The molecule has 2 nitrogen and oxygen atoms in total. The fourth-order valence-corrected chi connectivity index (χ4v) is 2.10. The second-order valence-corrected chi connectivity index (χ2v) is 5.21. The average molecular weight is 316 g/mol. The van der Waals surface area contributed by atoms with Crippen LogP contribution >= 0.6 is 28.1 Å². The number of hydrogen-bond acceptors (Lipinski definition) is 2. The Labute approximate surface area is 117 Å². The summed E-state index contributed by atoms with van der Waals surface area (Å²) >= 11 is 8.37. The highest BCUT2D eigenvalue weighted by molar-refractivity contribution is 9.10. The van der Waals surface area contributed by atoms with Gasteiger partial charge < -0.3 is 10.5 Å². The first-order chi connectivity index (χ1) is 8.15. The fourth-order valence-electron chi connectivity index (χ4n) is 1.48. The summed E-state index contributed by atoms with van der Waals surface area (Å²) < 4.78 is 6.59. The number of nitrogens with two attached hydrogens (primary N) is 1. The van der Waals surface area contributed by atoms with Gasteiger partial charge in [-0.1, -0.05) is 38.4 Å². The van der Waals surface area contributed by atoms with Crippen molar-refractivity contribution in [2.24, 2.45) is 5.73 Å². The van der Waals surface area contributed by atoms with Gasteiger partial charge in [-0.3, -0.25) is 0 Å². The lowest BCUT2D eigenvalue weighted by Crippen LogP contribution is -2.09. The van der Waals surface area contributed by atoms with Crippen molar-refractivity contribution >= 4 is 33.1 Å². The maximum absolute atomic E-state index is 5.69. The number of halogens is 1. The van der Waals surface area contributed by atoms with E-state index >= 15 is 0 Å². The zero-order valence-electron chi connectivity index (χ0n) is 10.0. The van der Waals surface area contributed by atoms with Crippen molar-refractivity contribution in [3.63, 3.8) is 0 Å². The first-order valence-corrected chi connectivity index (χ1v) is 7.07. The number of ether oxygens (including phenoxy) is 1. The molecule has 0 spiro atoms. The van der Waals surface area contributed by atoms with Crippen molar-refractivity contribution in [3.8, 4) is 5.75 Å². The Hall–Kier alpha value is -0.610. The second kappa shape index (κ2) is 7.67. The molecule has 2 N–H and O–H groups in total. The summed E-state index contributed by atoms with van der Waals surface area (Å²) in [6, 6.07) is 5.68. The predicted octanol–water partition coefficient (Wildman–Crippen LogP) is 4.04. The predicted molar refractivity (Wildman–Crippen MR) is 79.7 cm³/mol. The Morgan fingerprint density at radius 2 is 2.12 bits per heavy atom. The van der Waals surface area contributed by atoms with Crippen LogP contribution in [0.3, 0.4) is 0 Å². The summed E-state index contributed by atoms with van der Waals surface area (Å²) in [5, 5.41) is 0. The number of thiocarbonyl (C=S) groups is 1. The summed E-state index contributed by atoms with van der Waals surface area (Å²) in [6.07, 6.45) is 4.83. The van der Waals surface area contributed by atoms with Crippen LogP contribution in [0, 0.1) is 0 Å². The molecule has 0 bridgehead atoms. The smallest absolute Gasteiger partial charge is 0.133 e. The highest BCUT2D eigenvalue weighted by atomic mass is 79.9. The SMILES string of the molecule is CCCCCCOc1ccc(C(N)=S)cc1Br. The molecule has 1 aromatic carbocycles. The van der Waals surface area contributed by atoms with Crippen molar-refractivity contribution in [2.75, 3.05) is 6.61 Å². The van der Waals surface area contributed by atoms with Crippen molar-refractivity contribution < 1.29 is 4.74 Å². The van der Waals surface area contributed by atoms with Gasteiger partial charge in [0.05, 0.1) is 11.1 Å². The van der Waals surface area contributed by atoms with Gasteiger partial charge in [0.2, 0.25) is 0 Å². The average Bonchev–Trinajstić information content (AvgIpc) is 2.30. The van der Waals surface area contributed by atoms with Crippen molar-refractivity contribution in [3.05, 3.63) is 28.2 Å². The van der Waals surface area contributed by atoms with Crippen molar-refractivity contribution in [2.45, 2.75) is 32.6 Å². The van der Waals surface area contributed by atoms with Gasteiger partial charge in [-0.05, 0) is 40.5 Å². The minimum absolute atomic E-state index is 0.403. The van der Waals surface area contributed by atoms with Gasteiger partial charge in [-0.2, -0.15) is 0 Å². The van der Waals surface area contributed by atoms with Crippen LogP contribution in [0.25, 0.3) is 0 Å². The molecule has 0 amide bonds. The third kappa shape index (κ3) is 5.04. The molecule has 0 saturated carbocycles. The summed E-state index contributed by atoms with van der Waals surface area (Å²) in [5.41, 5.74) is 6.41. The molecule has 1 rings (SSSR count). The molecular weight excluding hydrogens is 298 g/mol. The molecule has 0 atom stereocenters. The van der Waals surface area contributed by atoms with Gasteiger partial charge in [0.15, 0.2) is 0 Å². The third-order valence-electron chi connectivity index (χ3n) is 2.47. The molecule has 0 saturated heterocycles. The Morgan fingerprint density at radius 3 is 2.71 bits per heavy atom. The van der Waals surface area contributed by atoms with Crippen LogP contribution in [0.2, 0.25) is 0 Å². The van der Waals surface area contributed by atoms with Gasteiger partial charge >= 0.3 is 0 Å². The number of unbranched alkanes of at least 4 members (excludes halogenated alkanes) is 3. The molecule has 0 heterocycles. The molecule has 0 aliphatic rings. The summed E-state index contributed by atoms with van der Waals surface area (Å²) in [7, 11) is 0. The maximum Gasteiger partial charge on any atom is 0.133 e. The fraction of sp³-hybridized carbons (Fsp3) is 0.462. The van der Waals surface area contributed by atoms with E-state index in [0.717, 1.165) is 28.8 Å². The van der Waals surface area contributed by atoms with Gasteiger partial charge in [0.25, 0.3) is 0 Å². The molecule has 0 aliphatic carbocycles. The molecule has 1 aromatic rings. The van der Waals surface area contributed by atoms with Gasteiger partial charge in [-0.25, -0.2) is 0 Å². The standard InChI is InChI=1S/C13H18BrNOS/c1-2-3-4-5-8-16-12-7-6-10(13(15)17)9-11(12)14/h6-7,9H,2-5,8H2,1H3,(H2,15,17). The Kier molecular flexibility index (Phi) is 6.52. The van der Waals surface area contributed by atoms with Gasteiger partial charge in [-0.15, -0.1) is 0 Å². The third-order valence-corrected chi connectivity index (χ3v) is 3.33. The highest BCUT2D eigenvalue weighted by Crippen LogP contribution is 2.26. The first-order valence-electron chi connectivity index (χ1n) is 5.87. The summed E-state index contributed by atoms with van der Waals surface area (Å²) in [6.45, 7) is 2.96. The van der Waals surface area contributed by atoms with E-state index in [0.29, 0.717) is 4.99 Å². The first kappa shape index (κ1) is 14.5. The lowest BCUT2D eigenvalue weighted by molar-refractivity contribution is 0.303. The zero-order valence-corrected chi connectivity index (χ0v) is 12.4. The topological polar surface area (TPSA) is 35.2 Å². The minimum atomic E-state index is 0.403. The Morgan fingerprint density at radius 1 is 1.35 bits per heavy atom. The van der Waals surface area contributed by atoms with Crippen LogP contribution in [0.15, 0.2) is 22.7 Å². The van der Waals surface area contributed by atoms with Crippen LogP contribution in [0.5, 0.6) is 5.75 Å². The molecular formula is C13H18BrNOS. The number of rotatable bonds is 7. The van der Waals surface area contributed by atoms with E-state index in [1.54, 1.807) is 0 Å². The van der Waals surface area contributed by atoms with Crippen LogP contribution in [-0.2, 0) is 0 Å². The minimum Gasteiger partial charge on any atom is -0.492 e. The monoisotopic (exact) mass is 315 g/mol. The van der Waals surface area contributed by atoms with E-state index in [-0.39, 0.29) is 0 Å². The Balaban J connectivity index is 2.46. The van der Waals surface area contributed by atoms with Crippen molar-refractivity contribution in [1.29, 1.82) is 0 Å². The van der Waals surface area contributed by atoms with Crippen LogP contribution in [0.4, 0.5) is 0 Å². The molecule has 0 radical (unpaired) electrons. The maximum atomic E-state index is 5.69. The zero-order chi connectivity index (χ0) is 12.7. The van der Waals surface area contributed by atoms with Crippen LogP contribution in [-0.4, -0.2) is 11.6 Å². The molecule has 94 valence electrons. The molecule has 0 aliphatic heterocycles. The molecule has 17 heavy (non-hydrogen) atoms. The number of hydrogen-bond donors (Lipinski definition) is 1. The highest BCUT2D eigenvalue weighted by Gasteiger charge is 2.04. The summed E-state index contributed by atoms with van der Waals surface area (Å²) in [5.74, 6) is 0.849. The number of benzene rings is 1. The van der Waals surface area contributed by atoms with E-state index in [2.05, 4.69) is 22.9 Å². The molecule has 0 fully saturated rings.